The SMILES string of the molecule is CCC(NC(=O)C(C)n1c(-c2cccs2)n[nH]c1=S)c1ccccc1OCC(=O)N1CCCC1. The molecule has 0 bridgehead atoms. The van der Waals surface area contributed by atoms with Crippen LogP contribution in [0.3, 0.4) is 0 Å². The second kappa shape index (κ2) is 11.0. The Hall–Kier alpha value is -2.98. The smallest absolute Gasteiger partial charge is 0.260 e. The third-order valence-corrected chi connectivity index (χ3v) is 7.20. The summed E-state index contributed by atoms with van der Waals surface area (Å²) in [4.78, 5) is 28.5. The van der Waals surface area contributed by atoms with Crippen LogP contribution in [0.2, 0.25) is 0 Å². The number of carbonyl (C=O) groups excluding carboxylic acids is 2. The molecular formula is C24H29N5O3S2. The summed E-state index contributed by atoms with van der Waals surface area (Å²) in [5.41, 5.74) is 0.842. The number of amides is 2. The van der Waals surface area contributed by atoms with Crippen molar-refractivity contribution in [3.8, 4) is 16.5 Å². The molecule has 8 nitrogen and oxygen atoms in total. The van der Waals surface area contributed by atoms with Gasteiger partial charge < -0.3 is 15.0 Å². The second-order valence-electron chi connectivity index (χ2n) is 8.26. The molecule has 3 heterocycles. The Bertz CT molecular complexity index is 1180. The van der Waals surface area contributed by atoms with E-state index in [0.29, 0.717) is 22.8 Å². The van der Waals surface area contributed by atoms with E-state index in [-0.39, 0.29) is 24.5 Å². The van der Waals surface area contributed by atoms with E-state index in [1.165, 1.54) is 11.3 Å². The molecule has 10 heteroatoms. The lowest BCUT2D eigenvalue weighted by Gasteiger charge is -2.24. The number of nitrogens with zero attached hydrogens (tertiary/aromatic N) is 3. The van der Waals surface area contributed by atoms with E-state index in [2.05, 4.69) is 15.5 Å². The zero-order valence-corrected chi connectivity index (χ0v) is 21.0. The summed E-state index contributed by atoms with van der Waals surface area (Å²) in [6, 6.07) is 10.6. The number of H-pyrrole nitrogens is 1. The molecular weight excluding hydrogens is 470 g/mol. The Labute approximate surface area is 207 Å². The average molecular weight is 500 g/mol. The molecule has 1 fully saturated rings. The molecule has 4 rings (SSSR count). The number of carbonyl (C=O) groups is 2. The van der Waals surface area contributed by atoms with Crippen LogP contribution in [0.15, 0.2) is 41.8 Å². The Kier molecular flexibility index (Phi) is 7.79. The van der Waals surface area contributed by atoms with Crippen molar-refractivity contribution in [2.45, 2.75) is 45.2 Å². The maximum absolute atomic E-state index is 13.3. The number of rotatable bonds is 9. The normalized spacial score (nSPS) is 15.2. The summed E-state index contributed by atoms with van der Waals surface area (Å²) in [6.45, 7) is 5.38. The van der Waals surface area contributed by atoms with Crippen LogP contribution in [0.25, 0.3) is 10.7 Å². The molecule has 1 aromatic carbocycles. The van der Waals surface area contributed by atoms with Crippen molar-refractivity contribution in [1.82, 2.24) is 25.0 Å². The minimum Gasteiger partial charge on any atom is -0.483 e. The highest BCUT2D eigenvalue weighted by Crippen LogP contribution is 2.29. The largest absolute Gasteiger partial charge is 0.483 e. The molecule has 2 aromatic heterocycles. The summed E-state index contributed by atoms with van der Waals surface area (Å²) in [7, 11) is 0. The number of ether oxygens (including phenoxy) is 1. The maximum atomic E-state index is 13.3. The van der Waals surface area contributed by atoms with Crippen molar-refractivity contribution in [3.63, 3.8) is 0 Å². The molecule has 0 radical (unpaired) electrons. The van der Waals surface area contributed by atoms with Crippen LogP contribution in [0.1, 0.15) is 50.8 Å². The first-order valence-corrected chi connectivity index (χ1v) is 12.8. The van der Waals surface area contributed by atoms with Gasteiger partial charge in [-0.05, 0) is 55.9 Å². The lowest BCUT2D eigenvalue weighted by atomic mass is 10.0. The number of likely N-dealkylation sites (tertiary alicyclic amines) is 1. The van der Waals surface area contributed by atoms with Crippen LogP contribution in [0.4, 0.5) is 0 Å². The zero-order chi connectivity index (χ0) is 24.1. The van der Waals surface area contributed by atoms with Gasteiger partial charge in [0.15, 0.2) is 17.2 Å². The summed E-state index contributed by atoms with van der Waals surface area (Å²) in [5, 5.41) is 12.2. The predicted octanol–water partition coefficient (Wildman–Crippen LogP) is 4.50. The standard InChI is InChI=1S/C24H29N5O3S2/c1-3-18(17-9-4-5-10-19(17)32-15-21(30)28-12-6-7-13-28)25-23(31)16(2)29-22(26-27-24(29)33)20-11-8-14-34-20/h4-5,8-11,14,16,18H,3,6-7,12-13,15H2,1-2H3,(H,25,31)(H,27,33). The van der Waals surface area contributed by atoms with Crippen molar-refractivity contribution in [1.29, 1.82) is 0 Å². The van der Waals surface area contributed by atoms with Gasteiger partial charge >= 0.3 is 0 Å². The molecule has 0 spiro atoms. The first-order chi connectivity index (χ1) is 16.5. The fraction of sp³-hybridized carbons (Fsp3) is 0.417. The molecule has 2 N–H and O–H groups in total. The van der Waals surface area contributed by atoms with Gasteiger partial charge in [-0.3, -0.25) is 19.3 Å². The number of nitrogens with one attached hydrogen (secondary N) is 2. The quantitative estimate of drug-likeness (QED) is 0.423. The van der Waals surface area contributed by atoms with Gasteiger partial charge in [-0.2, -0.15) is 5.10 Å². The minimum atomic E-state index is -0.567. The van der Waals surface area contributed by atoms with Gasteiger partial charge in [-0.1, -0.05) is 31.2 Å². The van der Waals surface area contributed by atoms with Crippen molar-refractivity contribution < 1.29 is 14.3 Å². The summed E-state index contributed by atoms with van der Waals surface area (Å²) < 4.78 is 8.05. The van der Waals surface area contributed by atoms with Crippen molar-refractivity contribution in [2.75, 3.05) is 19.7 Å². The molecule has 180 valence electrons. The number of thiophene rings is 1. The Balaban J connectivity index is 1.48. The van der Waals surface area contributed by atoms with Gasteiger partial charge in [0.05, 0.1) is 10.9 Å². The van der Waals surface area contributed by atoms with Gasteiger partial charge in [-0.25, -0.2) is 0 Å². The summed E-state index contributed by atoms with van der Waals surface area (Å²) >= 11 is 6.95. The topological polar surface area (TPSA) is 92.2 Å². The van der Waals surface area contributed by atoms with E-state index >= 15 is 0 Å². The Morgan fingerprint density at radius 1 is 1.24 bits per heavy atom. The number of hydrogen-bond donors (Lipinski definition) is 2. The van der Waals surface area contributed by atoms with Crippen LogP contribution >= 0.6 is 23.6 Å². The van der Waals surface area contributed by atoms with Gasteiger partial charge in [-0.15, -0.1) is 11.3 Å². The van der Waals surface area contributed by atoms with E-state index in [9.17, 15) is 9.59 Å². The van der Waals surface area contributed by atoms with Crippen LogP contribution in [0, 0.1) is 4.77 Å². The van der Waals surface area contributed by atoms with Crippen LogP contribution in [-0.2, 0) is 9.59 Å². The number of para-hydroxylation sites is 1. The third kappa shape index (κ3) is 5.23. The molecule has 3 aromatic rings. The van der Waals surface area contributed by atoms with Crippen molar-refractivity contribution in [3.05, 3.63) is 52.1 Å². The van der Waals surface area contributed by atoms with Gasteiger partial charge in [0.2, 0.25) is 5.91 Å². The third-order valence-electron chi connectivity index (χ3n) is 6.04. The number of hydrogen-bond acceptors (Lipinski definition) is 6. The first kappa shape index (κ1) is 24.2. The molecule has 1 saturated heterocycles. The number of benzene rings is 1. The highest BCUT2D eigenvalue weighted by atomic mass is 32.1. The van der Waals surface area contributed by atoms with Crippen LogP contribution in [0.5, 0.6) is 5.75 Å². The summed E-state index contributed by atoms with van der Waals surface area (Å²) in [5.74, 6) is 1.06. The van der Waals surface area contributed by atoms with E-state index in [1.54, 1.807) is 4.57 Å². The van der Waals surface area contributed by atoms with Gasteiger partial charge in [0.1, 0.15) is 11.8 Å². The fourth-order valence-electron chi connectivity index (χ4n) is 4.15. The van der Waals surface area contributed by atoms with E-state index in [1.807, 2.05) is 60.5 Å². The molecule has 34 heavy (non-hydrogen) atoms. The average Bonchev–Trinajstić information content (AvgIpc) is 3.62. The highest BCUT2D eigenvalue weighted by molar-refractivity contribution is 7.71. The summed E-state index contributed by atoms with van der Waals surface area (Å²) in [6.07, 6.45) is 2.74. The van der Waals surface area contributed by atoms with Crippen molar-refractivity contribution in [2.24, 2.45) is 0 Å². The molecule has 0 saturated carbocycles. The highest BCUT2D eigenvalue weighted by Gasteiger charge is 2.25. The minimum absolute atomic E-state index is 0.00607. The number of aromatic amines is 1. The lowest BCUT2D eigenvalue weighted by molar-refractivity contribution is -0.132. The van der Waals surface area contributed by atoms with Crippen LogP contribution < -0.4 is 10.1 Å². The molecule has 2 atom stereocenters. The Morgan fingerprint density at radius 3 is 2.71 bits per heavy atom. The predicted molar refractivity (Wildman–Crippen MR) is 134 cm³/mol. The van der Waals surface area contributed by atoms with E-state index in [4.69, 9.17) is 17.0 Å². The van der Waals surface area contributed by atoms with Gasteiger partial charge in [0, 0.05) is 18.7 Å². The fourth-order valence-corrected chi connectivity index (χ4v) is 5.15. The maximum Gasteiger partial charge on any atom is 0.260 e. The van der Waals surface area contributed by atoms with E-state index in [0.717, 1.165) is 36.4 Å². The zero-order valence-electron chi connectivity index (χ0n) is 19.3. The van der Waals surface area contributed by atoms with Crippen LogP contribution in [-0.4, -0.2) is 51.2 Å². The molecule has 1 aliphatic heterocycles. The molecule has 0 aliphatic carbocycles. The molecule has 1 aliphatic rings. The lowest BCUT2D eigenvalue weighted by Crippen LogP contribution is -2.35. The molecule has 2 unspecified atom stereocenters. The second-order valence-corrected chi connectivity index (χ2v) is 9.59. The van der Waals surface area contributed by atoms with E-state index < -0.39 is 6.04 Å². The first-order valence-electron chi connectivity index (χ1n) is 11.5. The Morgan fingerprint density at radius 2 is 2.00 bits per heavy atom. The number of aromatic nitrogens is 3. The molecule has 2 amide bonds. The van der Waals surface area contributed by atoms with Crippen molar-refractivity contribution >= 4 is 35.4 Å². The van der Waals surface area contributed by atoms with Gasteiger partial charge in [0.25, 0.3) is 5.91 Å². The monoisotopic (exact) mass is 499 g/mol.